The lowest BCUT2D eigenvalue weighted by Crippen LogP contribution is -2.37. The van der Waals surface area contributed by atoms with Crippen molar-refractivity contribution in [1.29, 1.82) is 0 Å². The largest absolute Gasteiger partial charge is 0.472 e. The monoisotopic (exact) mass is 763 g/mol. The van der Waals surface area contributed by atoms with Crippen LogP contribution in [0.2, 0.25) is 0 Å². The van der Waals surface area contributed by atoms with Gasteiger partial charge in [-0.05, 0) is 64.2 Å². The Balaban J connectivity index is 4.51. The summed E-state index contributed by atoms with van der Waals surface area (Å²) in [4.78, 5) is 35.2. The number of hydrogen-bond donors (Lipinski definition) is 1. The molecule has 0 aliphatic heterocycles. The van der Waals surface area contributed by atoms with Gasteiger partial charge in [0.25, 0.3) is 0 Å². The van der Waals surface area contributed by atoms with Crippen LogP contribution in [0.3, 0.4) is 0 Å². The second kappa shape index (κ2) is 34.9. The molecule has 0 aliphatic carbocycles. The highest BCUT2D eigenvalue weighted by molar-refractivity contribution is 7.47. The van der Waals surface area contributed by atoms with E-state index in [9.17, 15) is 19.0 Å². The zero-order valence-corrected chi connectivity index (χ0v) is 34.6. The molecule has 9 nitrogen and oxygen atoms in total. The van der Waals surface area contributed by atoms with Gasteiger partial charge in [0.1, 0.15) is 19.8 Å². The highest BCUT2D eigenvalue weighted by Crippen LogP contribution is 2.43. The molecule has 0 saturated heterocycles. The highest BCUT2D eigenvalue weighted by atomic mass is 31.2. The molecule has 1 N–H and O–H groups in total. The van der Waals surface area contributed by atoms with Gasteiger partial charge in [0, 0.05) is 12.8 Å². The second-order valence-corrected chi connectivity index (χ2v) is 15.4. The molecule has 0 rings (SSSR count). The number of likely N-dealkylation sites (N-methyl/N-ethyl adjacent to an activating group) is 1. The molecule has 0 aliphatic rings. The number of quaternary nitrogens is 1. The van der Waals surface area contributed by atoms with Crippen molar-refractivity contribution in [1.82, 2.24) is 0 Å². The third kappa shape index (κ3) is 38.7. The molecular weight excluding hydrogens is 689 g/mol. The predicted octanol–water partition coefficient (Wildman–Crippen LogP) is 10.8. The molecule has 0 aromatic heterocycles. The number of phosphoric acid groups is 1. The lowest BCUT2D eigenvalue weighted by atomic mass is 10.1. The molecular formula is C43H73NO8P+. The average Bonchev–Trinajstić information content (AvgIpc) is 3.10. The topological polar surface area (TPSA) is 108 Å². The zero-order chi connectivity index (χ0) is 39.3. The van der Waals surface area contributed by atoms with E-state index in [4.69, 9.17) is 18.5 Å². The summed E-state index contributed by atoms with van der Waals surface area (Å²) in [5.74, 6) is -0.871. The quantitative estimate of drug-likeness (QED) is 0.0172. The van der Waals surface area contributed by atoms with E-state index in [1.54, 1.807) is 0 Å². The molecule has 0 aromatic rings. The molecule has 0 aromatic carbocycles. The third-order valence-corrected chi connectivity index (χ3v) is 8.75. The molecule has 10 heteroatoms. The van der Waals surface area contributed by atoms with Crippen LogP contribution in [-0.2, 0) is 32.7 Å². The number of carbonyl (C=O) groups is 2. The van der Waals surface area contributed by atoms with E-state index in [0.29, 0.717) is 23.9 Å². The number of nitrogens with zero attached hydrogens (tertiary/aromatic N) is 1. The minimum absolute atomic E-state index is 0.0162. The standard InChI is InChI=1S/C43H72NO8P/c1-6-8-10-12-14-16-18-20-21-22-24-25-27-29-31-33-35-42(45)49-39-41(40-51-53(47,48)50-38-37-44(3,4)5)52-43(46)36-34-32-30-28-26-23-19-17-15-13-11-9-7-2/h8-11,13-17,19-21,23,26,41H,6-7,12,18,22,24-25,27-40H2,1-5H3/p+1/b10-8+,11-9+,15-13+,16-14+,19-17+,21-20+,26-23+. The van der Waals surface area contributed by atoms with Crippen LogP contribution in [0.5, 0.6) is 0 Å². The number of allylic oxidation sites excluding steroid dienone is 14. The van der Waals surface area contributed by atoms with E-state index in [-0.39, 0.29) is 26.1 Å². The van der Waals surface area contributed by atoms with Gasteiger partial charge < -0.3 is 18.9 Å². The Morgan fingerprint density at radius 2 is 1.11 bits per heavy atom. The molecule has 0 spiro atoms. The van der Waals surface area contributed by atoms with Gasteiger partial charge in [-0.15, -0.1) is 0 Å². The van der Waals surface area contributed by atoms with Gasteiger partial charge in [-0.1, -0.05) is 131 Å². The van der Waals surface area contributed by atoms with Crippen LogP contribution in [0.1, 0.15) is 123 Å². The number of hydrogen-bond acceptors (Lipinski definition) is 7. The SMILES string of the molecule is CC/C=C/C=C/C=C/C=C/CCCCCC(=O)OC(COC(=O)CCCCCCCC/C=C/C/C=C/C/C=C/CC)COP(=O)(O)OCC[N+](C)(C)C. The summed E-state index contributed by atoms with van der Waals surface area (Å²) >= 11 is 0. The van der Waals surface area contributed by atoms with Crippen molar-refractivity contribution >= 4 is 19.8 Å². The second-order valence-electron chi connectivity index (χ2n) is 14.0. The maximum absolute atomic E-state index is 12.6. The first-order valence-electron chi connectivity index (χ1n) is 19.9. The number of rotatable bonds is 34. The molecule has 2 unspecified atom stereocenters. The summed E-state index contributed by atoms with van der Waals surface area (Å²) < 4.78 is 34.1. The molecule has 0 fully saturated rings. The van der Waals surface area contributed by atoms with E-state index in [1.807, 2.05) is 57.6 Å². The number of phosphoric ester groups is 1. The zero-order valence-electron chi connectivity index (χ0n) is 33.7. The van der Waals surface area contributed by atoms with E-state index >= 15 is 0 Å². The first-order valence-corrected chi connectivity index (χ1v) is 21.4. The van der Waals surface area contributed by atoms with Crippen LogP contribution in [0, 0.1) is 0 Å². The maximum atomic E-state index is 12.6. The van der Waals surface area contributed by atoms with Crippen molar-refractivity contribution in [2.45, 2.75) is 129 Å². The summed E-state index contributed by atoms with van der Waals surface area (Å²) in [7, 11) is 1.42. The Hall–Kier alpha value is -2.81. The summed E-state index contributed by atoms with van der Waals surface area (Å²) in [5, 5.41) is 0. The normalized spacial score (nSPS) is 14.6. The summed E-state index contributed by atoms with van der Waals surface area (Å²) in [6.45, 7) is 4.07. The fourth-order valence-electron chi connectivity index (χ4n) is 4.68. The van der Waals surface area contributed by atoms with Gasteiger partial charge in [-0.3, -0.25) is 18.6 Å². The summed E-state index contributed by atoms with van der Waals surface area (Å²) in [6.07, 6.45) is 43.5. The van der Waals surface area contributed by atoms with Crippen molar-refractivity contribution < 1.29 is 42.1 Å². The Kier molecular flexibility index (Phi) is 33.1. The van der Waals surface area contributed by atoms with Crippen LogP contribution in [-0.4, -0.2) is 74.9 Å². The maximum Gasteiger partial charge on any atom is 0.472 e. The molecule has 302 valence electrons. The average molecular weight is 763 g/mol. The Morgan fingerprint density at radius 3 is 1.75 bits per heavy atom. The van der Waals surface area contributed by atoms with E-state index in [0.717, 1.165) is 83.5 Å². The van der Waals surface area contributed by atoms with Crippen LogP contribution in [0.4, 0.5) is 0 Å². The number of esters is 2. The fourth-order valence-corrected chi connectivity index (χ4v) is 5.42. The molecule has 0 saturated carbocycles. The lowest BCUT2D eigenvalue weighted by Gasteiger charge is -2.24. The number of unbranched alkanes of at least 4 members (excludes halogenated alkanes) is 9. The third-order valence-electron chi connectivity index (χ3n) is 7.77. The van der Waals surface area contributed by atoms with Gasteiger partial charge >= 0.3 is 19.8 Å². The van der Waals surface area contributed by atoms with Crippen LogP contribution < -0.4 is 0 Å². The van der Waals surface area contributed by atoms with Crippen molar-refractivity contribution in [3.8, 4) is 0 Å². The van der Waals surface area contributed by atoms with Crippen LogP contribution in [0.25, 0.3) is 0 Å². The lowest BCUT2D eigenvalue weighted by molar-refractivity contribution is -0.870. The van der Waals surface area contributed by atoms with Crippen molar-refractivity contribution in [2.24, 2.45) is 0 Å². The minimum atomic E-state index is -4.39. The Bertz CT molecular complexity index is 1180. The first kappa shape index (κ1) is 50.2. The van der Waals surface area contributed by atoms with E-state index in [1.165, 1.54) is 0 Å². The molecule has 0 bridgehead atoms. The molecule has 0 radical (unpaired) electrons. The first-order chi connectivity index (χ1) is 25.5. The highest BCUT2D eigenvalue weighted by Gasteiger charge is 2.27. The van der Waals surface area contributed by atoms with E-state index in [2.05, 4.69) is 62.5 Å². The Labute approximate surface area is 322 Å². The molecule has 2 atom stereocenters. The van der Waals surface area contributed by atoms with Crippen molar-refractivity contribution in [3.63, 3.8) is 0 Å². The van der Waals surface area contributed by atoms with Gasteiger partial charge in [-0.2, -0.15) is 0 Å². The molecule has 53 heavy (non-hydrogen) atoms. The molecule has 0 amide bonds. The van der Waals surface area contributed by atoms with Crippen molar-refractivity contribution in [3.05, 3.63) is 85.1 Å². The smallest absolute Gasteiger partial charge is 0.462 e. The summed E-state index contributed by atoms with van der Waals surface area (Å²) in [6, 6.07) is 0. The summed E-state index contributed by atoms with van der Waals surface area (Å²) in [5.41, 5.74) is 0. The van der Waals surface area contributed by atoms with Crippen LogP contribution in [0.15, 0.2) is 85.1 Å². The number of carbonyl (C=O) groups excluding carboxylic acids is 2. The van der Waals surface area contributed by atoms with Crippen molar-refractivity contribution in [2.75, 3.05) is 47.5 Å². The fraction of sp³-hybridized carbons (Fsp3) is 0.628. The van der Waals surface area contributed by atoms with Gasteiger partial charge in [0.05, 0.1) is 27.7 Å². The predicted molar refractivity (Wildman–Crippen MR) is 219 cm³/mol. The Morgan fingerprint density at radius 1 is 0.604 bits per heavy atom. The van der Waals surface area contributed by atoms with E-state index < -0.39 is 32.5 Å². The number of ether oxygens (including phenoxy) is 2. The van der Waals surface area contributed by atoms with Gasteiger partial charge in [0.2, 0.25) is 0 Å². The molecule has 0 heterocycles. The minimum Gasteiger partial charge on any atom is -0.462 e. The van der Waals surface area contributed by atoms with Gasteiger partial charge in [0.15, 0.2) is 6.10 Å². The van der Waals surface area contributed by atoms with Crippen LogP contribution >= 0.6 is 7.82 Å². The van der Waals surface area contributed by atoms with Gasteiger partial charge in [-0.25, -0.2) is 4.57 Å².